The summed E-state index contributed by atoms with van der Waals surface area (Å²) in [5.41, 5.74) is 0.749. The molecule has 1 aromatic rings. The van der Waals surface area contributed by atoms with Gasteiger partial charge in [-0.25, -0.2) is 0 Å². The van der Waals surface area contributed by atoms with E-state index >= 15 is 0 Å². The fraction of sp³-hybridized carbons (Fsp3) is 0.400. The fourth-order valence-corrected chi connectivity index (χ4v) is 1.49. The van der Waals surface area contributed by atoms with E-state index < -0.39 is 0 Å². The summed E-state index contributed by atoms with van der Waals surface area (Å²) >= 11 is 0. The molecule has 4 nitrogen and oxygen atoms in total. The first-order valence-corrected chi connectivity index (χ1v) is 6.60. The van der Waals surface area contributed by atoms with Gasteiger partial charge >= 0.3 is 0 Å². The summed E-state index contributed by atoms with van der Waals surface area (Å²) in [5, 5.41) is 5.77. The van der Waals surface area contributed by atoms with E-state index in [1.165, 1.54) is 0 Å². The second-order valence-electron chi connectivity index (χ2n) is 4.20. The molecule has 0 atom stereocenters. The van der Waals surface area contributed by atoms with Gasteiger partial charge in [-0.2, -0.15) is 0 Å². The number of ether oxygens (including phenoxy) is 1. The van der Waals surface area contributed by atoms with E-state index in [1.807, 2.05) is 24.3 Å². The van der Waals surface area contributed by atoms with Crippen LogP contribution in [0, 0.1) is 0 Å². The van der Waals surface area contributed by atoms with Gasteiger partial charge in [-0.1, -0.05) is 25.5 Å². The lowest BCUT2D eigenvalue weighted by molar-refractivity contribution is -0.115. The highest BCUT2D eigenvalue weighted by atomic mass is 16.5. The molecule has 0 fully saturated rings. The number of amides is 1. The van der Waals surface area contributed by atoms with Crippen LogP contribution in [0.25, 0.3) is 0 Å². The van der Waals surface area contributed by atoms with E-state index in [1.54, 1.807) is 6.08 Å². The third kappa shape index (κ3) is 6.62. The van der Waals surface area contributed by atoms with Gasteiger partial charge in [0.15, 0.2) is 0 Å². The van der Waals surface area contributed by atoms with E-state index in [0.29, 0.717) is 13.2 Å². The number of hydrogen-bond acceptors (Lipinski definition) is 3. The van der Waals surface area contributed by atoms with Gasteiger partial charge in [0, 0.05) is 18.3 Å². The fourth-order valence-electron chi connectivity index (χ4n) is 1.49. The molecule has 0 spiro atoms. The highest BCUT2D eigenvalue weighted by Crippen LogP contribution is 2.17. The lowest BCUT2D eigenvalue weighted by atomic mass is 10.3. The third-order valence-electron chi connectivity index (χ3n) is 2.46. The van der Waals surface area contributed by atoms with Crippen molar-refractivity contribution in [3.63, 3.8) is 0 Å². The molecule has 19 heavy (non-hydrogen) atoms. The lowest BCUT2D eigenvalue weighted by Crippen LogP contribution is -2.28. The Morgan fingerprint density at radius 2 is 2.32 bits per heavy atom. The van der Waals surface area contributed by atoms with Crippen LogP contribution in [0.15, 0.2) is 36.9 Å². The molecule has 0 saturated carbocycles. The molecule has 0 aromatic heterocycles. The van der Waals surface area contributed by atoms with Crippen LogP contribution in [0.4, 0.5) is 5.69 Å². The molecule has 4 heteroatoms. The van der Waals surface area contributed by atoms with Crippen LogP contribution < -0.4 is 15.4 Å². The van der Waals surface area contributed by atoms with Crippen LogP contribution in [0.3, 0.4) is 0 Å². The van der Waals surface area contributed by atoms with Crippen molar-refractivity contribution in [1.29, 1.82) is 0 Å². The van der Waals surface area contributed by atoms with E-state index in [-0.39, 0.29) is 12.5 Å². The van der Waals surface area contributed by atoms with E-state index in [0.717, 1.165) is 24.3 Å². The van der Waals surface area contributed by atoms with Gasteiger partial charge in [0.05, 0.1) is 13.2 Å². The second kappa shape index (κ2) is 9.16. The molecule has 0 radical (unpaired) electrons. The van der Waals surface area contributed by atoms with Gasteiger partial charge in [0.1, 0.15) is 5.75 Å². The highest BCUT2D eigenvalue weighted by Gasteiger charge is 2.02. The van der Waals surface area contributed by atoms with Crippen LogP contribution in [0.5, 0.6) is 5.75 Å². The maximum atomic E-state index is 11.6. The average molecular weight is 262 g/mol. The minimum Gasteiger partial charge on any atom is -0.494 e. The summed E-state index contributed by atoms with van der Waals surface area (Å²) in [5.74, 6) is 0.706. The number of rotatable bonds is 9. The van der Waals surface area contributed by atoms with Crippen molar-refractivity contribution in [3.05, 3.63) is 36.9 Å². The standard InChI is InChI=1S/C15H22N2O2/c1-3-5-10-19-14-8-6-7-13(11-14)17-15(18)12-16-9-4-2/h4,6-8,11,16H,2-3,5,9-10,12H2,1H3,(H,17,18). The summed E-state index contributed by atoms with van der Waals surface area (Å²) in [4.78, 5) is 11.6. The summed E-state index contributed by atoms with van der Waals surface area (Å²) in [6.45, 7) is 7.29. The second-order valence-corrected chi connectivity index (χ2v) is 4.20. The van der Waals surface area contributed by atoms with E-state index in [9.17, 15) is 4.79 Å². The number of anilines is 1. The number of carbonyl (C=O) groups excluding carboxylic acids is 1. The van der Waals surface area contributed by atoms with Crippen molar-refractivity contribution < 1.29 is 9.53 Å². The maximum absolute atomic E-state index is 11.6. The van der Waals surface area contributed by atoms with Gasteiger partial charge in [0.2, 0.25) is 5.91 Å². The first-order valence-electron chi connectivity index (χ1n) is 6.60. The van der Waals surface area contributed by atoms with Crippen LogP contribution in [0.2, 0.25) is 0 Å². The average Bonchev–Trinajstić information content (AvgIpc) is 2.40. The molecular weight excluding hydrogens is 240 g/mol. The minimum atomic E-state index is -0.0763. The normalized spacial score (nSPS) is 9.95. The van der Waals surface area contributed by atoms with Crippen molar-refractivity contribution in [1.82, 2.24) is 5.32 Å². The Morgan fingerprint density at radius 1 is 1.47 bits per heavy atom. The maximum Gasteiger partial charge on any atom is 0.238 e. The summed E-state index contributed by atoms with van der Waals surface area (Å²) in [6.07, 6.45) is 3.85. The number of hydrogen-bond donors (Lipinski definition) is 2. The zero-order valence-electron chi connectivity index (χ0n) is 11.4. The summed E-state index contributed by atoms with van der Waals surface area (Å²) in [6, 6.07) is 7.44. The van der Waals surface area contributed by atoms with Gasteiger partial charge < -0.3 is 15.4 Å². The zero-order valence-corrected chi connectivity index (χ0v) is 11.4. The molecule has 0 heterocycles. The molecule has 0 unspecified atom stereocenters. The molecule has 0 aliphatic heterocycles. The van der Waals surface area contributed by atoms with Gasteiger partial charge in [0.25, 0.3) is 0 Å². The quantitative estimate of drug-likeness (QED) is 0.531. The zero-order chi connectivity index (χ0) is 13.9. The Balaban J connectivity index is 2.42. The van der Waals surface area contributed by atoms with Crippen molar-refractivity contribution in [2.24, 2.45) is 0 Å². The molecule has 0 bridgehead atoms. The Kier molecular flexibility index (Phi) is 7.35. The van der Waals surface area contributed by atoms with Gasteiger partial charge in [-0.3, -0.25) is 4.79 Å². The van der Waals surface area contributed by atoms with Crippen LogP contribution in [-0.2, 0) is 4.79 Å². The number of unbranched alkanes of at least 4 members (excludes halogenated alkanes) is 1. The Labute approximate surface area is 114 Å². The van der Waals surface area contributed by atoms with Crippen molar-refractivity contribution >= 4 is 11.6 Å². The topological polar surface area (TPSA) is 50.4 Å². The molecule has 0 saturated heterocycles. The van der Waals surface area contributed by atoms with Crippen molar-refractivity contribution in [2.45, 2.75) is 19.8 Å². The molecule has 2 N–H and O–H groups in total. The minimum absolute atomic E-state index is 0.0763. The molecular formula is C15H22N2O2. The molecule has 1 amide bonds. The predicted molar refractivity (Wildman–Crippen MR) is 78.5 cm³/mol. The largest absolute Gasteiger partial charge is 0.494 e. The third-order valence-corrected chi connectivity index (χ3v) is 2.46. The lowest BCUT2D eigenvalue weighted by Gasteiger charge is -2.09. The molecule has 104 valence electrons. The molecule has 1 rings (SSSR count). The van der Waals surface area contributed by atoms with Gasteiger partial charge in [-0.05, 0) is 18.6 Å². The predicted octanol–water partition coefficient (Wildman–Crippen LogP) is 2.58. The first-order chi connectivity index (χ1) is 9.26. The van der Waals surface area contributed by atoms with Crippen molar-refractivity contribution in [3.8, 4) is 5.75 Å². The van der Waals surface area contributed by atoms with Gasteiger partial charge in [-0.15, -0.1) is 6.58 Å². The van der Waals surface area contributed by atoms with E-state index in [2.05, 4.69) is 24.1 Å². The monoisotopic (exact) mass is 262 g/mol. The summed E-state index contributed by atoms with van der Waals surface area (Å²) in [7, 11) is 0. The number of nitrogens with one attached hydrogen (secondary N) is 2. The molecule has 0 aliphatic rings. The highest BCUT2D eigenvalue weighted by molar-refractivity contribution is 5.92. The Hall–Kier alpha value is -1.81. The summed E-state index contributed by atoms with van der Waals surface area (Å²) < 4.78 is 5.59. The van der Waals surface area contributed by atoms with Crippen LogP contribution in [-0.4, -0.2) is 25.6 Å². The van der Waals surface area contributed by atoms with E-state index in [4.69, 9.17) is 4.74 Å². The SMILES string of the molecule is C=CCNCC(=O)Nc1cccc(OCCCC)c1. The first kappa shape index (κ1) is 15.2. The van der Waals surface area contributed by atoms with Crippen LogP contribution >= 0.6 is 0 Å². The van der Waals surface area contributed by atoms with Crippen molar-refractivity contribution in [2.75, 3.05) is 25.0 Å². The molecule has 1 aromatic carbocycles. The molecule has 0 aliphatic carbocycles. The Morgan fingerprint density at radius 3 is 3.05 bits per heavy atom. The Bertz CT molecular complexity index is 405. The number of carbonyl (C=O) groups is 1. The smallest absolute Gasteiger partial charge is 0.238 e. The van der Waals surface area contributed by atoms with Crippen LogP contribution in [0.1, 0.15) is 19.8 Å². The number of benzene rings is 1.